The van der Waals surface area contributed by atoms with Gasteiger partial charge in [-0.05, 0) is 25.2 Å². The summed E-state index contributed by atoms with van der Waals surface area (Å²) >= 11 is 0. The number of hydrogen-bond acceptors (Lipinski definition) is 4. The van der Waals surface area contributed by atoms with Gasteiger partial charge in [0.15, 0.2) is 0 Å². The summed E-state index contributed by atoms with van der Waals surface area (Å²) < 4.78 is 5.37. The molecule has 2 fully saturated rings. The van der Waals surface area contributed by atoms with Crippen LogP contribution in [0.2, 0.25) is 0 Å². The van der Waals surface area contributed by atoms with Crippen molar-refractivity contribution < 1.29 is 19.1 Å². The summed E-state index contributed by atoms with van der Waals surface area (Å²) in [5, 5.41) is 2.79. The summed E-state index contributed by atoms with van der Waals surface area (Å²) in [6.07, 6.45) is 17.3. The maximum Gasteiger partial charge on any atom is 0.308 e. The van der Waals surface area contributed by atoms with Gasteiger partial charge in [-0.2, -0.15) is 0 Å². The first-order chi connectivity index (χ1) is 15.1. The minimum atomic E-state index is -0.720. The second-order valence-corrected chi connectivity index (χ2v) is 9.36. The Morgan fingerprint density at radius 1 is 0.935 bits per heavy atom. The first kappa shape index (κ1) is 25.7. The molecule has 1 N–H and O–H groups in total. The van der Waals surface area contributed by atoms with Gasteiger partial charge in [-0.1, -0.05) is 77.6 Å². The summed E-state index contributed by atoms with van der Waals surface area (Å²) in [7, 11) is 0. The fourth-order valence-electron chi connectivity index (χ4n) is 4.79. The predicted octanol–water partition coefficient (Wildman–Crippen LogP) is 4.75. The number of nitrogens with one attached hydrogen (secondary N) is 1. The molecule has 2 rings (SSSR count). The van der Waals surface area contributed by atoms with Crippen molar-refractivity contribution in [2.75, 3.05) is 19.7 Å². The van der Waals surface area contributed by atoms with Gasteiger partial charge in [-0.25, -0.2) is 0 Å². The van der Waals surface area contributed by atoms with Gasteiger partial charge >= 0.3 is 5.97 Å². The van der Waals surface area contributed by atoms with Crippen LogP contribution in [0.3, 0.4) is 0 Å². The van der Waals surface area contributed by atoms with E-state index in [2.05, 4.69) is 12.2 Å². The predicted molar refractivity (Wildman–Crippen MR) is 123 cm³/mol. The number of nitrogens with zero attached hydrogens (tertiary/aromatic N) is 1. The van der Waals surface area contributed by atoms with Crippen LogP contribution in [0.1, 0.15) is 110 Å². The van der Waals surface area contributed by atoms with Gasteiger partial charge in [0, 0.05) is 19.5 Å². The summed E-state index contributed by atoms with van der Waals surface area (Å²) in [4.78, 5) is 39.0. The normalized spacial score (nSPS) is 19.5. The molecule has 1 heterocycles. The monoisotopic (exact) mass is 436 g/mol. The highest BCUT2D eigenvalue weighted by Crippen LogP contribution is 2.28. The third-order valence-corrected chi connectivity index (χ3v) is 6.71. The molecule has 1 unspecified atom stereocenters. The molecule has 1 aliphatic carbocycles. The van der Waals surface area contributed by atoms with Crippen molar-refractivity contribution in [2.24, 2.45) is 5.92 Å². The number of ether oxygens (including phenoxy) is 1. The molecule has 6 nitrogen and oxygen atoms in total. The van der Waals surface area contributed by atoms with E-state index < -0.39 is 6.04 Å². The topological polar surface area (TPSA) is 75.7 Å². The third kappa shape index (κ3) is 10.0. The minimum Gasteiger partial charge on any atom is -0.466 e. The molecule has 0 aromatic carbocycles. The van der Waals surface area contributed by atoms with Crippen molar-refractivity contribution in [3.63, 3.8) is 0 Å². The second-order valence-electron chi connectivity index (χ2n) is 9.36. The van der Waals surface area contributed by atoms with Crippen molar-refractivity contribution in [3.05, 3.63) is 0 Å². The highest BCUT2D eigenvalue weighted by molar-refractivity contribution is 5.92. The molecule has 0 bridgehead atoms. The maximum atomic E-state index is 12.7. The number of esters is 1. The molecule has 1 aliphatic heterocycles. The molecular formula is C25H44N2O4. The largest absolute Gasteiger partial charge is 0.466 e. The van der Waals surface area contributed by atoms with E-state index in [1.54, 1.807) is 4.90 Å². The van der Waals surface area contributed by atoms with Gasteiger partial charge in [0.05, 0.1) is 13.0 Å². The molecule has 0 aromatic rings. The number of carbonyl (C=O) groups excluding carboxylic acids is 3. The SMILES string of the molecule is CCCCCCCCCCCCOC(=O)CC1C(=O)NCCN1C(=O)CC1CCCC1. The van der Waals surface area contributed by atoms with Crippen molar-refractivity contribution in [3.8, 4) is 0 Å². The molecule has 0 aromatic heterocycles. The first-order valence-electron chi connectivity index (χ1n) is 12.8. The van der Waals surface area contributed by atoms with Gasteiger partial charge in [-0.15, -0.1) is 0 Å². The average molecular weight is 437 g/mol. The van der Waals surface area contributed by atoms with Crippen LogP contribution in [0.15, 0.2) is 0 Å². The van der Waals surface area contributed by atoms with E-state index in [0.717, 1.165) is 25.7 Å². The van der Waals surface area contributed by atoms with E-state index in [9.17, 15) is 14.4 Å². The lowest BCUT2D eigenvalue weighted by Crippen LogP contribution is -2.58. The highest BCUT2D eigenvalue weighted by atomic mass is 16.5. The summed E-state index contributed by atoms with van der Waals surface area (Å²) in [6, 6.07) is -0.720. The molecule has 178 valence electrons. The Balaban J connectivity index is 1.59. The molecule has 0 spiro atoms. The van der Waals surface area contributed by atoms with Crippen molar-refractivity contribution in [2.45, 2.75) is 116 Å². The summed E-state index contributed by atoms with van der Waals surface area (Å²) in [5.41, 5.74) is 0. The molecule has 1 saturated heterocycles. The molecule has 2 amide bonds. The van der Waals surface area contributed by atoms with Crippen LogP contribution in [0.5, 0.6) is 0 Å². The molecule has 1 saturated carbocycles. The highest BCUT2D eigenvalue weighted by Gasteiger charge is 2.36. The molecule has 31 heavy (non-hydrogen) atoms. The summed E-state index contributed by atoms with van der Waals surface area (Å²) in [6.45, 7) is 3.58. The van der Waals surface area contributed by atoms with Crippen molar-refractivity contribution in [1.29, 1.82) is 0 Å². The van der Waals surface area contributed by atoms with Crippen LogP contribution in [0.25, 0.3) is 0 Å². The number of amides is 2. The molecule has 1 atom stereocenters. The zero-order valence-corrected chi connectivity index (χ0v) is 19.7. The van der Waals surface area contributed by atoms with Gasteiger partial charge < -0.3 is 15.0 Å². The third-order valence-electron chi connectivity index (χ3n) is 6.71. The minimum absolute atomic E-state index is 0.00856. The lowest BCUT2D eigenvalue weighted by molar-refractivity contribution is -0.152. The van der Waals surface area contributed by atoms with Crippen LogP contribution in [0, 0.1) is 5.92 Å². The number of rotatable bonds is 15. The molecule has 2 aliphatic rings. The number of carbonyl (C=O) groups is 3. The van der Waals surface area contributed by atoms with E-state index in [1.807, 2.05) is 0 Å². The van der Waals surface area contributed by atoms with Gasteiger partial charge in [0.1, 0.15) is 6.04 Å². The quantitative estimate of drug-likeness (QED) is 0.297. The van der Waals surface area contributed by atoms with Gasteiger partial charge in [0.25, 0.3) is 0 Å². The lowest BCUT2D eigenvalue weighted by atomic mass is 10.0. The Morgan fingerprint density at radius 3 is 2.19 bits per heavy atom. The van der Waals surface area contributed by atoms with Crippen LogP contribution < -0.4 is 5.32 Å². The molecule has 6 heteroatoms. The molecule has 0 radical (unpaired) electrons. The van der Waals surface area contributed by atoms with Crippen LogP contribution in [-0.4, -0.2) is 48.4 Å². The second kappa shape index (κ2) is 15.3. The number of unbranched alkanes of at least 4 members (excludes halogenated alkanes) is 9. The zero-order valence-electron chi connectivity index (χ0n) is 19.7. The Kier molecular flexibility index (Phi) is 12.6. The Hall–Kier alpha value is -1.59. The average Bonchev–Trinajstić information content (AvgIpc) is 3.26. The standard InChI is InChI=1S/C25H44N2O4/c1-2-3-4-5-6-7-8-9-10-13-18-31-24(29)20-22-25(30)26-16-17-27(22)23(28)19-21-14-11-12-15-21/h21-22H,2-20H2,1H3,(H,26,30). The molecular weight excluding hydrogens is 392 g/mol. The van der Waals surface area contributed by atoms with Crippen LogP contribution >= 0.6 is 0 Å². The van der Waals surface area contributed by atoms with Crippen LogP contribution in [-0.2, 0) is 19.1 Å². The summed E-state index contributed by atoms with van der Waals surface area (Å²) in [5.74, 6) is -0.172. The van der Waals surface area contributed by atoms with Gasteiger partial charge in [0.2, 0.25) is 11.8 Å². The smallest absolute Gasteiger partial charge is 0.308 e. The fraction of sp³-hybridized carbons (Fsp3) is 0.880. The lowest BCUT2D eigenvalue weighted by Gasteiger charge is -2.35. The van der Waals surface area contributed by atoms with E-state index in [1.165, 1.54) is 64.2 Å². The van der Waals surface area contributed by atoms with Gasteiger partial charge in [-0.3, -0.25) is 14.4 Å². The fourth-order valence-corrected chi connectivity index (χ4v) is 4.79. The number of hydrogen-bond donors (Lipinski definition) is 1. The van der Waals surface area contributed by atoms with E-state index >= 15 is 0 Å². The van der Waals surface area contributed by atoms with Crippen molar-refractivity contribution in [1.82, 2.24) is 10.2 Å². The van der Waals surface area contributed by atoms with E-state index in [-0.39, 0.29) is 24.2 Å². The van der Waals surface area contributed by atoms with E-state index in [4.69, 9.17) is 4.74 Å². The Bertz CT molecular complexity index is 546. The van der Waals surface area contributed by atoms with Crippen LogP contribution in [0.4, 0.5) is 0 Å². The maximum absolute atomic E-state index is 12.7. The first-order valence-corrected chi connectivity index (χ1v) is 12.8. The van der Waals surface area contributed by atoms with Crippen molar-refractivity contribution >= 4 is 17.8 Å². The Morgan fingerprint density at radius 2 is 1.55 bits per heavy atom. The van der Waals surface area contributed by atoms with E-state index in [0.29, 0.717) is 32.0 Å². The Labute approximate surface area is 188 Å². The number of piperazine rings is 1. The zero-order chi connectivity index (χ0) is 22.3.